The van der Waals surface area contributed by atoms with Gasteiger partial charge in [-0.05, 0) is 42.5 Å². The molecular weight excluding hydrogens is 462 g/mol. The highest BCUT2D eigenvalue weighted by atomic mass is 35.5. The summed E-state index contributed by atoms with van der Waals surface area (Å²) in [5.41, 5.74) is 1.42. The zero-order valence-corrected chi connectivity index (χ0v) is 18.9. The SMILES string of the molecule is O=C1/C(=C/c2c(F)cccc2Cl)Oc2c1ccc(O)c2CN1CCN(c2ccccc2F)CC1. The molecule has 174 valence electrons. The maximum atomic E-state index is 14.2. The molecule has 0 atom stereocenters. The molecule has 2 aliphatic rings. The number of benzene rings is 3. The van der Waals surface area contributed by atoms with Crippen LogP contribution in [0, 0.1) is 11.6 Å². The second-order valence-electron chi connectivity index (χ2n) is 8.23. The molecule has 0 spiro atoms. The molecule has 0 amide bonds. The number of fused-ring (bicyclic) bond motifs is 1. The zero-order chi connectivity index (χ0) is 23.8. The lowest BCUT2D eigenvalue weighted by atomic mass is 10.0. The van der Waals surface area contributed by atoms with Gasteiger partial charge in [-0.2, -0.15) is 0 Å². The first kappa shape index (κ1) is 22.4. The molecule has 8 heteroatoms. The minimum Gasteiger partial charge on any atom is -0.507 e. The number of allylic oxidation sites excluding steroid dienone is 1. The van der Waals surface area contributed by atoms with E-state index in [1.54, 1.807) is 12.1 Å². The van der Waals surface area contributed by atoms with Gasteiger partial charge in [0.1, 0.15) is 23.1 Å². The van der Waals surface area contributed by atoms with Crippen LogP contribution in [0.15, 0.2) is 60.4 Å². The fourth-order valence-electron chi connectivity index (χ4n) is 4.31. The lowest BCUT2D eigenvalue weighted by molar-refractivity contribution is 0.101. The number of phenols is 1. The van der Waals surface area contributed by atoms with Crippen molar-refractivity contribution >= 4 is 29.1 Å². The summed E-state index contributed by atoms with van der Waals surface area (Å²) in [6, 6.07) is 13.9. The number of para-hydroxylation sites is 1. The minimum atomic E-state index is -0.567. The van der Waals surface area contributed by atoms with Gasteiger partial charge in [-0.25, -0.2) is 8.78 Å². The van der Waals surface area contributed by atoms with Crippen LogP contribution in [0.2, 0.25) is 5.02 Å². The number of rotatable bonds is 4. The van der Waals surface area contributed by atoms with Crippen molar-refractivity contribution in [3.05, 3.63) is 93.7 Å². The molecule has 0 aromatic heterocycles. The van der Waals surface area contributed by atoms with Gasteiger partial charge < -0.3 is 14.7 Å². The van der Waals surface area contributed by atoms with Crippen molar-refractivity contribution < 1.29 is 23.4 Å². The Kier molecular flexibility index (Phi) is 5.98. The number of ether oxygens (including phenoxy) is 1. The van der Waals surface area contributed by atoms with E-state index in [9.17, 15) is 18.7 Å². The predicted molar refractivity (Wildman–Crippen MR) is 126 cm³/mol. The standard InChI is InChI=1S/C26H21ClF2N2O3/c27-19-4-3-6-20(28)17(19)14-24-25(33)16-8-9-23(32)18(26(16)34-24)15-30-10-12-31(13-11-30)22-7-2-1-5-21(22)29/h1-9,14,32H,10-13,15H2/b24-14-. The molecule has 0 saturated carbocycles. The first-order chi connectivity index (χ1) is 16.4. The normalized spacial score (nSPS) is 17.2. The summed E-state index contributed by atoms with van der Waals surface area (Å²) in [5, 5.41) is 10.7. The van der Waals surface area contributed by atoms with Crippen LogP contribution >= 0.6 is 11.6 Å². The third kappa shape index (κ3) is 4.13. The van der Waals surface area contributed by atoms with Crippen molar-refractivity contribution in [1.29, 1.82) is 0 Å². The molecule has 2 heterocycles. The maximum absolute atomic E-state index is 14.2. The van der Waals surface area contributed by atoms with Crippen LogP contribution in [0.3, 0.4) is 0 Å². The number of Topliss-reactive ketones (excluding diaryl/α,β-unsaturated/α-hetero) is 1. The predicted octanol–water partition coefficient (Wildman–Crippen LogP) is 5.26. The molecule has 1 fully saturated rings. The molecule has 2 aliphatic heterocycles. The Bertz CT molecular complexity index is 1280. The van der Waals surface area contributed by atoms with Crippen LogP contribution in [0.1, 0.15) is 21.5 Å². The number of ketones is 1. The Morgan fingerprint density at radius 1 is 0.971 bits per heavy atom. The highest BCUT2D eigenvalue weighted by Crippen LogP contribution is 2.40. The summed E-state index contributed by atoms with van der Waals surface area (Å²) in [7, 11) is 0. The van der Waals surface area contributed by atoms with Gasteiger partial charge in [0.2, 0.25) is 5.78 Å². The summed E-state index contributed by atoms with van der Waals surface area (Å²) in [6.07, 6.45) is 1.29. The highest BCUT2D eigenvalue weighted by Gasteiger charge is 2.32. The van der Waals surface area contributed by atoms with Gasteiger partial charge in [-0.1, -0.05) is 29.8 Å². The Morgan fingerprint density at radius 3 is 2.44 bits per heavy atom. The molecule has 0 unspecified atom stereocenters. The summed E-state index contributed by atoms with van der Waals surface area (Å²) in [5.74, 6) is -1.01. The first-order valence-electron chi connectivity index (χ1n) is 10.9. The van der Waals surface area contributed by atoms with E-state index in [2.05, 4.69) is 4.90 Å². The number of hydrogen-bond donors (Lipinski definition) is 1. The van der Waals surface area contributed by atoms with E-state index >= 15 is 0 Å². The van der Waals surface area contributed by atoms with Gasteiger partial charge in [-0.15, -0.1) is 0 Å². The van der Waals surface area contributed by atoms with Gasteiger partial charge in [-0.3, -0.25) is 9.69 Å². The zero-order valence-electron chi connectivity index (χ0n) is 18.1. The lowest BCUT2D eigenvalue weighted by Gasteiger charge is -2.36. The van der Waals surface area contributed by atoms with Crippen LogP contribution in [-0.2, 0) is 6.54 Å². The van der Waals surface area contributed by atoms with Crippen molar-refractivity contribution in [2.45, 2.75) is 6.54 Å². The number of aromatic hydroxyl groups is 1. The summed E-state index contributed by atoms with van der Waals surface area (Å²) in [4.78, 5) is 17.0. The van der Waals surface area contributed by atoms with Crippen LogP contribution in [0.4, 0.5) is 14.5 Å². The Labute approximate surface area is 200 Å². The highest BCUT2D eigenvalue weighted by molar-refractivity contribution is 6.32. The largest absolute Gasteiger partial charge is 0.507 e. The van der Waals surface area contributed by atoms with Crippen molar-refractivity contribution in [1.82, 2.24) is 4.90 Å². The van der Waals surface area contributed by atoms with Crippen molar-refractivity contribution in [3.8, 4) is 11.5 Å². The summed E-state index contributed by atoms with van der Waals surface area (Å²) < 4.78 is 34.2. The number of nitrogens with zero attached hydrogens (tertiary/aromatic N) is 2. The van der Waals surface area contributed by atoms with Crippen LogP contribution < -0.4 is 9.64 Å². The van der Waals surface area contributed by atoms with Crippen LogP contribution in [0.5, 0.6) is 11.5 Å². The van der Waals surface area contributed by atoms with Gasteiger partial charge in [0.25, 0.3) is 0 Å². The average Bonchev–Trinajstić information content (AvgIpc) is 3.14. The average molecular weight is 483 g/mol. The quantitative estimate of drug-likeness (QED) is 0.514. The van der Waals surface area contributed by atoms with Gasteiger partial charge in [0.15, 0.2) is 5.76 Å². The number of carbonyl (C=O) groups excluding carboxylic acids is 1. The Balaban J connectivity index is 1.36. The van der Waals surface area contributed by atoms with Gasteiger partial charge >= 0.3 is 0 Å². The van der Waals surface area contributed by atoms with Crippen LogP contribution in [-0.4, -0.2) is 42.0 Å². The van der Waals surface area contributed by atoms with E-state index in [-0.39, 0.29) is 33.7 Å². The van der Waals surface area contributed by atoms with Crippen LogP contribution in [0.25, 0.3) is 6.08 Å². The molecule has 1 N–H and O–H groups in total. The van der Waals surface area contributed by atoms with E-state index in [0.717, 1.165) is 0 Å². The minimum absolute atomic E-state index is 0.00765. The first-order valence-corrected chi connectivity index (χ1v) is 11.2. The Morgan fingerprint density at radius 2 is 1.71 bits per heavy atom. The Hall–Kier alpha value is -3.42. The third-order valence-electron chi connectivity index (χ3n) is 6.14. The molecule has 0 bridgehead atoms. The van der Waals surface area contributed by atoms with Gasteiger partial charge in [0.05, 0.1) is 21.8 Å². The van der Waals surface area contributed by atoms with E-state index in [1.807, 2.05) is 11.0 Å². The fourth-order valence-corrected chi connectivity index (χ4v) is 4.53. The smallest absolute Gasteiger partial charge is 0.231 e. The molecule has 3 aromatic carbocycles. The number of phenolic OH excluding ortho intramolecular Hbond substituents is 1. The molecule has 3 aromatic rings. The second kappa shape index (κ2) is 9.08. The third-order valence-corrected chi connectivity index (χ3v) is 6.47. The second-order valence-corrected chi connectivity index (χ2v) is 8.64. The fraction of sp³-hybridized carbons (Fsp3) is 0.192. The van der Waals surface area contributed by atoms with E-state index < -0.39 is 11.6 Å². The summed E-state index contributed by atoms with van der Waals surface area (Å²) in [6.45, 7) is 2.86. The van der Waals surface area contributed by atoms with Crippen molar-refractivity contribution in [2.24, 2.45) is 0 Å². The molecule has 5 rings (SSSR count). The number of carbonyl (C=O) groups is 1. The van der Waals surface area contributed by atoms with E-state index in [1.165, 1.54) is 42.5 Å². The van der Waals surface area contributed by atoms with E-state index in [4.69, 9.17) is 16.3 Å². The van der Waals surface area contributed by atoms with Gasteiger partial charge in [0, 0.05) is 38.3 Å². The number of piperazine rings is 1. The molecule has 0 aliphatic carbocycles. The molecule has 5 nitrogen and oxygen atoms in total. The van der Waals surface area contributed by atoms with Crippen molar-refractivity contribution in [2.75, 3.05) is 31.1 Å². The topological polar surface area (TPSA) is 53.0 Å². The molecule has 0 radical (unpaired) electrons. The van der Waals surface area contributed by atoms with Crippen molar-refractivity contribution in [3.63, 3.8) is 0 Å². The van der Waals surface area contributed by atoms with E-state index in [0.29, 0.717) is 49.5 Å². The lowest BCUT2D eigenvalue weighted by Crippen LogP contribution is -2.46. The monoisotopic (exact) mass is 482 g/mol. The number of hydrogen-bond acceptors (Lipinski definition) is 5. The molecule has 34 heavy (non-hydrogen) atoms. The number of halogens is 3. The molecular formula is C26H21ClF2N2O3. The molecule has 1 saturated heterocycles. The summed E-state index contributed by atoms with van der Waals surface area (Å²) >= 11 is 6.09. The maximum Gasteiger partial charge on any atom is 0.231 e. The number of anilines is 1.